The number of carbonyl (C=O) groups excluding carboxylic acids is 3. The lowest BCUT2D eigenvalue weighted by Crippen LogP contribution is -2.35. The lowest BCUT2D eigenvalue weighted by atomic mass is 10.1. The maximum absolute atomic E-state index is 12.8. The van der Waals surface area contributed by atoms with Gasteiger partial charge in [-0.05, 0) is 39.3 Å². The zero-order valence-corrected chi connectivity index (χ0v) is 18.7. The number of amides is 1. The first-order valence-corrected chi connectivity index (χ1v) is 10.2. The zero-order valence-electron chi connectivity index (χ0n) is 18.7. The summed E-state index contributed by atoms with van der Waals surface area (Å²) in [4.78, 5) is 54.2. The van der Waals surface area contributed by atoms with Gasteiger partial charge in [-0.2, -0.15) is 4.98 Å². The van der Waals surface area contributed by atoms with Crippen LogP contribution in [0.15, 0.2) is 35.1 Å². The van der Waals surface area contributed by atoms with Gasteiger partial charge in [0.15, 0.2) is 5.69 Å². The molecular weight excluding hydrogens is 434 g/mol. The molecule has 11 nitrogen and oxygen atoms in total. The Balaban J connectivity index is 2.06. The second kappa shape index (κ2) is 9.41. The Morgan fingerprint density at radius 3 is 2.42 bits per heavy atom. The Labute approximate surface area is 189 Å². The third-order valence-corrected chi connectivity index (χ3v) is 4.78. The standard InChI is InChI=1S/C22H25N3O8/c1-22(2,3)33-21(30)23-14-10-13(11-26)25-15(20(29)31-4)16(18(27)24-17(14)25)32-19(28)12-8-6-5-7-9-12/h5-9,13-14,26H,10-11H2,1-4H3,(H,23,30). The number of nitrogens with one attached hydrogen (secondary N) is 1. The van der Waals surface area contributed by atoms with Gasteiger partial charge in [0.2, 0.25) is 5.75 Å². The molecule has 1 aromatic carbocycles. The third-order valence-electron chi connectivity index (χ3n) is 4.78. The highest BCUT2D eigenvalue weighted by atomic mass is 16.6. The molecule has 0 saturated carbocycles. The molecule has 0 aliphatic carbocycles. The van der Waals surface area contributed by atoms with Gasteiger partial charge in [0, 0.05) is 0 Å². The lowest BCUT2D eigenvalue weighted by molar-refractivity contribution is 0.0497. The van der Waals surface area contributed by atoms with Crippen molar-refractivity contribution < 1.29 is 33.7 Å². The molecule has 1 aliphatic heterocycles. The van der Waals surface area contributed by atoms with Crippen molar-refractivity contribution in [3.05, 3.63) is 57.8 Å². The fourth-order valence-corrected chi connectivity index (χ4v) is 3.47. The molecule has 2 aromatic rings. The van der Waals surface area contributed by atoms with Gasteiger partial charge in [0.25, 0.3) is 0 Å². The van der Waals surface area contributed by atoms with E-state index in [2.05, 4.69) is 10.3 Å². The highest BCUT2D eigenvalue weighted by Gasteiger charge is 2.39. The summed E-state index contributed by atoms with van der Waals surface area (Å²) >= 11 is 0. The molecule has 0 spiro atoms. The second-order valence-electron chi connectivity index (χ2n) is 8.34. The van der Waals surface area contributed by atoms with E-state index in [1.807, 2.05) is 0 Å². The van der Waals surface area contributed by atoms with Gasteiger partial charge < -0.3 is 29.2 Å². The molecule has 1 amide bonds. The molecule has 2 unspecified atom stereocenters. The monoisotopic (exact) mass is 459 g/mol. The second-order valence-corrected chi connectivity index (χ2v) is 8.34. The number of aliphatic hydroxyl groups is 1. The largest absolute Gasteiger partial charge is 0.464 e. The summed E-state index contributed by atoms with van der Waals surface area (Å²) in [7, 11) is 1.10. The summed E-state index contributed by atoms with van der Waals surface area (Å²) in [6.45, 7) is 4.63. The van der Waals surface area contributed by atoms with Crippen molar-refractivity contribution in [1.29, 1.82) is 0 Å². The normalized spacial score (nSPS) is 17.1. The summed E-state index contributed by atoms with van der Waals surface area (Å²) in [6.07, 6.45) is -0.645. The van der Waals surface area contributed by atoms with E-state index in [-0.39, 0.29) is 23.5 Å². The van der Waals surface area contributed by atoms with E-state index in [0.29, 0.717) is 0 Å². The Kier molecular flexibility index (Phi) is 6.82. The van der Waals surface area contributed by atoms with Crippen LogP contribution in [0.4, 0.5) is 4.79 Å². The molecule has 3 rings (SSSR count). The molecule has 1 aliphatic rings. The van der Waals surface area contributed by atoms with Crippen LogP contribution in [-0.2, 0) is 9.47 Å². The molecule has 33 heavy (non-hydrogen) atoms. The summed E-state index contributed by atoms with van der Waals surface area (Å²) in [5.74, 6) is -2.47. The number of carbonyl (C=O) groups is 3. The molecule has 0 fully saturated rings. The van der Waals surface area contributed by atoms with Gasteiger partial charge in [-0.15, -0.1) is 0 Å². The van der Waals surface area contributed by atoms with E-state index in [1.165, 1.54) is 16.7 Å². The van der Waals surface area contributed by atoms with E-state index in [1.54, 1.807) is 39.0 Å². The summed E-state index contributed by atoms with van der Waals surface area (Å²) in [5.41, 5.74) is -2.00. The minimum Gasteiger partial charge on any atom is -0.464 e. The summed E-state index contributed by atoms with van der Waals surface area (Å²) in [6, 6.07) is 6.29. The smallest absolute Gasteiger partial charge is 0.408 e. The molecule has 0 saturated heterocycles. The number of aromatic nitrogens is 2. The van der Waals surface area contributed by atoms with Gasteiger partial charge in [0.1, 0.15) is 11.4 Å². The molecule has 0 radical (unpaired) electrons. The maximum atomic E-state index is 12.8. The van der Waals surface area contributed by atoms with Crippen LogP contribution in [0.2, 0.25) is 0 Å². The van der Waals surface area contributed by atoms with Crippen molar-refractivity contribution in [3.8, 4) is 5.75 Å². The Morgan fingerprint density at radius 1 is 1.18 bits per heavy atom. The average Bonchev–Trinajstić information content (AvgIpc) is 3.09. The molecule has 2 N–H and O–H groups in total. The number of nitrogens with zero attached hydrogens (tertiary/aromatic N) is 2. The number of rotatable bonds is 5. The van der Waals surface area contributed by atoms with Crippen molar-refractivity contribution in [3.63, 3.8) is 0 Å². The predicted molar refractivity (Wildman–Crippen MR) is 114 cm³/mol. The number of fused-ring (bicyclic) bond motifs is 1. The number of methoxy groups -OCH3 is 1. The van der Waals surface area contributed by atoms with Crippen LogP contribution >= 0.6 is 0 Å². The van der Waals surface area contributed by atoms with Gasteiger partial charge in [-0.1, -0.05) is 18.2 Å². The van der Waals surface area contributed by atoms with Crippen molar-refractivity contribution in [2.75, 3.05) is 13.7 Å². The first kappa shape index (κ1) is 23.9. The average molecular weight is 459 g/mol. The molecule has 2 heterocycles. The molecule has 176 valence electrons. The van der Waals surface area contributed by atoms with Crippen LogP contribution in [0.3, 0.4) is 0 Å². The number of aliphatic hydroxyl groups excluding tert-OH is 1. The minimum atomic E-state index is -1.000. The fourth-order valence-electron chi connectivity index (χ4n) is 3.47. The van der Waals surface area contributed by atoms with Crippen LogP contribution in [0, 0.1) is 0 Å². The van der Waals surface area contributed by atoms with Gasteiger partial charge in [-0.25, -0.2) is 14.4 Å². The summed E-state index contributed by atoms with van der Waals surface area (Å²) in [5, 5.41) is 12.5. The SMILES string of the molecule is COC(=O)c1c(OC(=O)c2ccccc2)c(=O)nc2n1C(CO)CC2NC(=O)OC(C)(C)C. The van der Waals surface area contributed by atoms with Crippen molar-refractivity contribution in [2.45, 2.75) is 44.9 Å². The molecular formula is C22H25N3O8. The first-order valence-electron chi connectivity index (χ1n) is 10.2. The molecule has 2 atom stereocenters. The molecule has 0 bridgehead atoms. The zero-order chi connectivity index (χ0) is 24.3. The number of hydrogen-bond acceptors (Lipinski definition) is 9. The highest BCUT2D eigenvalue weighted by Crippen LogP contribution is 2.36. The number of alkyl carbamates (subject to hydrolysis) is 1. The Hall–Kier alpha value is -3.73. The first-order chi connectivity index (χ1) is 15.6. The van der Waals surface area contributed by atoms with Crippen LogP contribution in [0.25, 0.3) is 0 Å². The fraction of sp³-hybridized carbons (Fsp3) is 0.409. The van der Waals surface area contributed by atoms with Crippen molar-refractivity contribution in [2.24, 2.45) is 0 Å². The van der Waals surface area contributed by atoms with Gasteiger partial charge in [-0.3, -0.25) is 4.79 Å². The third kappa shape index (κ3) is 5.20. The lowest BCUT2D eigenvalue weighted by Gasteiger charge is -2.21. The van der Waals surface area contributed by atoms with E-state index >= 15 is 0 Å². The van der Waals surface area contributed by atoms with Crippen LogP contribution in [0.1, 0.15) is 65.9 Å². The number of ether oxygens (including phenoxy) is 3. The minimum absolute atomic E-state index is 0.00446. The molecule has 1 aromatic heterocycles. The number of hydrogen-bond donors (Lipinski definition) is 2. The quantitative estimate of drug-likeness (QED) is 0.638. The maximum Gasteiger partial charge on any atom is 0.408 e. The Bertz CT molecular complexity index is 1120. The van der Waals surface area contributed by atoms with Crippen LogP contribution < -0.4 is 15.6 Å². The highest BCUT2D eigenvalue weighted by molar-refractivity contribution is 5.95. The predicted octanol–water partition coefficient (Wildman–Crippen LogP) is 1.75. The van der Waals surface area contributed by atoms with Gasteiger partial charge in [0.05, 0.1) is 31.4 Å². The summed E-state index contributed by atoms with van der Waals surface area (Å²) < 4.78 is 16.6. The van der Waals surface area contributed by atoms with E-state index in [4.69, 9.17) is 14.2 Å². The topological polar surface area (TPSA) is 146 Å². The van der Waals surface area contributed by atoms with E-state index in [9.17, 15) is 24.3 Å². The van der Waals surface area contributed by atoms with Crippen molar-refractivity contribution >= 4 is 18.0 Å². The van der Waals surface area contributed by atoms with E-state index < -0.39 is 53.6 Å². The van der Waals surface area contributed by atoms with Crippen LogP contribution in [0.5, 0.6) is 5.75 Å². The number of esters is 2. The van der Waals surface area contributed by atoms with E-state index in [0.717, 1.165) is 7.11 Å². The van der Waals surface area contributed by atoms with Crippen LogP contribution in [-0.4, -0.2) is 52.0 Å². The number of benzene rings is 1. The molecule has 11 heteroatoms. The van der Waals surface area contributed by atoms with Gasteiger partial charge >= 0.3 is 23.6 Å². The Morgan fingerprint density at radius 2 is 1.85 bits per heavy atom. The van der Waals surface area contributed by atoms with Crippen molar-refractivity contribution in [1.82, 2.24) is 14.9 Å².